The molecule has 13 heavy (non-hydrogen) atoms. The molecule has 0 aromatic carbocycles. The highest BCUT2D eigenvalue weighted by molar-refractivity contribution is 9.10. The van der Waals surface area contributed by atoms with Gasteiger partial charge in [0.1, 0.15) is 4.60 Å². The Morgan fingerprint density at radius 2 is 2.31 bits per heavy atom. The van der Waals surface area contributed by atoms with Gasteiger partial charge in [-0.1, -0.05) is 6.07 Å². The first-order valence-electron chi connectivity index (χ1n) is 3.59. The molecule has 0 aliphatic heterocycles. The van der Waals surface area contributed by atoms with Crippen LogP contribution in [0.5, 0.6) is 0 Å². The molecule has 0 bridgehead atoms. The molecule has 0 N–H and O–H groups in total. The second kappa shape index (κ2) is 4.28. The van der Waals surface area contributed by atoms with Crippen LogP contribution in [0.15, 0.2) is 28.8 Å². The molecular weight excluding hydrogens is 237 g/mol. The van der Waals surface area contributed by atoms with E-state index in [4.69, 9.17) is 0 Å². The summed E-state index contributed by atoms with van der Waals surface area (Å²) >= 11 is 3.15. The highest BCUT2D eigenvalue weighted by atomic mass is 79.9. The van der Waals surface area contributed by atoms with Crippen molar-refractivity contribution in [3.8, 4) is 0 Å². The molecule has 0 aliphatic rings. The highest BCUT2D eigenvalue weighted by Crippen LogP contribution is 2.10. The van der Waals surface area contributed by atoms with Gasteiger partial charge in [0.25, 0.3) is 0 Å². The van der Waals surface area contributed by atoms with Crippen LogP contribution in [0.2, 0.25) is 0 Å². The van der Waals surface area contributed by atoms with Crippen molar-refractivity contribution in [3.05, 3.63) is 34.3 Å². The van der Waals surface area contributed by atoms with E-state index in [1.54, 1.807) is 12.1 Å². The fourth-order valence-electron chi connectivity index (χ4n) is 0.721. The Hall–Kier alpha value is -1.03. The van der Waals surface area contributed by atoms with Gasteiger partial charge in [-0.15, -0.1) is 0 Å². The maximum Gasteiger partial charge on any atom is 0.188 e. The molecule has 0 spiro atoms. The molecule has 2 nitrogen and oxygen atoms in total. The minimum atomic E-state index is -0.760. The Labute approximate surface area is 83.6 Å². The lowest BCUT2D eigenvalue weighted by Crippen LogP contribution is -1.89. The molecule has 0 saturated heterocycles. The maximum absolute atomic E-state index is 12.8. The standard InChI is InChI=1S/C9H7BrFNO/c1-6(13)8(11)4-7-2-3-9(10)12-5-7/h2-5H,1H3/b8-4-. The van der Waals surface area contributed by atoms with Crippen LogP contribution in [0.3, 0.4) is 0 Å². The number of allylic oxidation sites excluding steroid dienone is 1. The van der Waals surface area contributed by atoms with Gasteiger partial charge in [0.2, 0.25) is 0 Å². The largest absolute Gasteiger partial charge is 0.292 e. The molecule has 0 radical (unpaired) electrons. The second-order valence-electron chi connectivity index (χ2n) is 2.46. The normalized spacial score (nSPS) is 11.5. The topological polar surface area (TPSA) is 30.0 Å². The molecule has 0 unspecified atom stereocenters. The third kappa shape index (κ3) is 3.06. The lowest BCUT2D eigenvalue weighted by atomic mass is 10.2. The summed E-state index contributed by atoms with van der Waals surface area (Å²) in [5.74, 6) is -1.34. The van der Waals surface area contributed by atoms with E-state index in [1.165, 1.54) is 13.1 Å². The summed E-state index contributed by atoms with van der Waals surface area (Å²) in [7, 11) is 0. The number of nitrogens with zero attached hydrogens (tertiary/aromatic N) is 1. The molecule has 1 rings (SSSR count). The quantitative estimate of drug-likeness (QED) is 0.591. The number of pyridine rings is 1. The third-order valence-corrected chi connectivity index (χ3v) is 1.85. The number of aromatic nitrogens is 1. The Morgan fingerprint density at radius 1 is 1.62 bits per heavy atom. The molecule has 68 valence electrons. The molecule has 4 heteroatoms. The van der Waals surface area contributed by atoms with Crippen LogP contribution in [0.4, 0.5) is 4.39 Å². The summed E-state index contributed by atoms with van der Waals surface area (Å²) in [6, 6.07) is 3.35. The first-order chi connectivity index (χ1) is 6.09. The number of rotatable bonds is 2. The van der Waals surface area contributed by atoms with Gasteiger partial charge >= 0.3 is 0 Å². The number of carbonyl (C=O) groups is 1. The first-order valence-corrected chi connectivity index (χ1v) is 4.38. The van der Waals surface area contributed by atoms with Crippen LogP contribution < -0.4 is 0 Å². The van der Waals surface area contributed by atoms with Gasteiger partial charge in [0.15, 0.2) is 11.6 Å². The summed E-state index contributed by atoms with van der Waals surface area (Å²) < 4.78 is 13.5. The first kappa shape index (κ1) is 10.1. The summed E-state index contributed by atoms with van der Waals surface area (Å²) in [5.41, 5.74) is 0.566. The van der Waals surface area contributed by atoms with Gasteiger partial charge in [-0.2, -0.15) is 0 Å². The van der Waals surface area contributed by atoms with E-state index in [9.17, 15) is 9.18 Å². The minimum absolute atomic E-state index is 0.566. The molecule has 1 aromatic heterocycles. The smallest absolute Gasteiger partial charge is 0.188 e. The molecule has 1 heterocycles. The zero-order chi connectivity index (χ0) is 9.84. The van der Waals surface area contributed by atoms with Crippen molar-refractivity contribution in [1.29, 1.82) is 0 Å². The molecule has 1 aromatic rings. The van der Waals surface area contributed by atoms with E-state index in [2.05, 4.69) is 20.9 Å². The predicted octanol–water partition coefficient (Wildman–Crippen LogP) is 2.74. The lowest BCUT2D eigenvalue weighted by Gasteiger charge is -1.93. The zero-order valence-electron chi connectivity index (χ0n) is 6.92. The van der Waals surface area contributed by atoms with Crippen LogP contribution in [0, 0.1) is 0 Å². The van der Waals surface area contributed by atoms with Crippen LogP contribution in [-0.4, -0.2) is 10.8 Å². The van der Waals surface area contributed by atoms with Crippen molar-refractivity contribution in [1.82, 2.24) is 4.98 Å². The molecule has 0 aliphatic carbocycles. The highest BCUT2D eigenvalue weighted by Gasteiger charge is 2.01. The van der Waals surface area contributed by atoms with Crippen LogP contribution in [0.25, 0.3) is 6.08 Å². The van der Waals surface area contributed by atoms with Crippen molar-refractivity contribution in [2.45, 2.75) is 6.92 Å². The minimum Gasteiger partial charge on any atom is -0.292 e. The number of halogens is 2. The predicted molar refractivity (Wildman–Crippen MR) is 51.7 cm³/mol. The van der Waals surface area contributed by atoms with E-state index in [-0.39, 0.29) is 0 Å². The fourth-order valence-corrected chi connectivity index (χ4v) is 0.955. The van der Waals surface area contributed by atoms with E-state index < -0.39 is 11.6 Å². The number of Topliss-reactive ketones (excluding diaryl/α,β-unsaturated/α-hetero) is 1. The number of hydrogen-bond donors (Lipinski definition) is 0. The molecule has 0 amide bonds. The van der Waals surface area contributed by atoms with Crippen molar-refractivity contribution < 1.29 is 9.18 Å². The van der Waals surface area contributed by atoms with Gasteiger partial charge in [0.05, 0.1) is 0 Å². The van der Waals surface area contributed by atoms with E-state index >= 15 is 0 Å². The Balaban J connectivity index is 2.92. The van der Waals surface area contributed by atoms with Crippen LogP contribution >= 0.6 is 15.9 Å². The molecular formula is C9H7BrFNO. The Bertz CT molecular complexity index is 345. The van der Waals surface area contributed by atoms with Gasteiger partial charge < -0.3 is 0 Å². The molecule has 0 atom stereocenters. The number of carbonyl (C=O) groups excluding carboxylic acids is 1. The fraction of sp³-hybridized carbons (Fsp3) is 0.111. The van der Waals surface area contributed by atoms with E-state index in [1.807, 2.05) is 0 Å². The average molecular weight is 244 g/mol. The number of hydrogen-bond acceptors (Lipinski definition) is 2. The average Bonchev–Trinajstić information content (AvgIpc) is 2.08. The zero-order valence-corrected chi connectivity index (χ0v) is 8.51. The van der Waals surface area contributed by atoms with Crippen molar-refractivity contribution in [2.75, 3.05) is 0 Å². The second-order valence-corrected chi connectivity index (χ2v) is 3.28. The SMILES string of the molecule is CC(=O)/C(F)=C/c1ccc(Br)nc1. The van der Waals surface area contributed by atoms with Gasteiger partial charge in [-0.25, -0.2) is 9.37 Å². The van der Waals surface area contributed by atoms with E-state index in [0.717, 1.165) is 6.08 Å². The lowest BCUT2D eigenvalue weighted by molar-refractivity contribution is -0.114. The van der Waals surface area contributed by atoms with Gasteiger partial charge in [0, 0.05) is 13.1 Å². The maximum atomic E-state index is 12.8. The Kier molecular flexibility index (Phi) is 3.31. The molecule has 0 fully saturated rings. The van der Waals surface area contributed by atoms with E-state index in [0.29, 0.717) is 10.2 Å². The van der Waals surface area contributed by atoms with Crippen molar-refractivity contribution in [2.24, 2.45) is 0 Å². The van der Waals surface area contributed by atoms with Crippen LogP contribution in [0.1, 0.15) is 12.5 Å². The number of ketones is 1. The third-order valence-electron chi connectivity index (χ3n) is 1.38. The summed E-state index contributed by atoms with van der Waals surface area (Å²) in [6.07, 6.45) is 2.63. The van der Waals surface area contributed by atoms with Crippen LogP contribution in [-0.2, 0) is 4.79 Å². The summed E-state index contributed by atoms with van der Waals surface area (Å²) in [5, 5.41) is 0. The van der Waals surface area contributed by atoms with Crippen molar-refractivity contribution >= 4 is 27.8 Å². The summed E-state index contributed by atoms with van der Waals surface area (Å²) in [4.78, 5) is 14.4. The molecule has 0 saturated carbocycles. The summed E-state index contributed by atoms with van der Waals surface area (Å²) in [6.45, 7) is 1.18. The van der Waals surface area contributed by atoms with Gasteiger partial charge in [-0.3, -0.25) is 4.79 Å². The Morgan fingerprint density at radius 3 is 2.77 bits per heavy atom. The monoisotopic (exact) mass is 243 g/mol. The van der Waals surface area contributed by atoms with Gasteiger partial charge in [-0.05, 0) is 33.6 Å². The van der Waals surface area contributed by atoms with Crippen molar-refractivity contribution in [3.63, 3.8) is 0 Å².